The molecule has 0 aliphatic heterocycles. The fourth-order valence-electron chi connectivity index (χ4n) is 2.79. The van der Waals surface area contributed by atoms with Gasteiger partial charge in [-0.25, -0.2) is 4.79 Å². The first-order chi connectivity index (χ1) is 16.8. The molecule has 2 amide bonds. The Morgan fingerprint density at radius 2 is 1.61 bits per heavy atom. The van der Waals surface area contributed by atoms with Gasteiger partial charge in [-0.3, -0.25) is 14.4 Å². The minimum atomic E-state index is -4.62. The summed E-state index contributed by atoms with van der Waals surface area (Å²) in [5.41, 5.74) is -0.478. The zero-order chi connectivity index (χ0) is 26.9. The lowest BCUT2D eigenvalue weighted by Gasteiger charge is -2.12. The molecular formula is C24H24ClF3N2O6. The van der Waals surface area contributed by atoms with Gasteiger partial charge in [-0.1, -0.05) is 11.6 Å². The summed E-state index contributed by atoms with van der Waals surface area (Å²) in [7, 11) is 0. The Kier molecular flexibility index (Phi) is 10.3. The standard InChI is InChI=1S/C24H24ClF3N2O6/c1-14(2)36-23(34)15-6-9-17(10-7-15)29-20(31)4-3-5-22(33)35-13-21(32)30-19-12-16(24(26,27)28)8-11-18(19)25/h6-12,14H,3-5,13H2,1-2H3,(H,29,31)(H,30,32). The van der Waals surface area contributed by atoms with E-state index in [0.29, 0.717) is 17.3 Å². The molecule has 0 aliphatic rings. The summed E-state index contributed by atoms with van der Waals surface area (Å²) in [5, 5.41) is 4.67. The second-order valence-electron chi connectivity index (χ2n) is 7.83. The van der Waals surface area contributed by atoms with E-state index in [4.69, 9.17) is 21.1 Å². The highest BCUT2D eigenvalue weighted by Crippen LogP contribution is 2.33. The molecule has 12 heteroatoms. The quantitative estimate of drug-likeness (QED) is 0.409. The summed E-state index contributed by atoms with van der Waals surface area (Å²) in [6, 6.07) is 8.53. The van der Waals surface area contributed by atoms with Gasteiger partial charge >= 0.3 is 18.1 Å². The SMILES string of the molecule is CC(C)OC(=O)c1ccc(NC(=O)CCCC(=O)OCC(=O)Nc2cc(C(F)(F)F)ccc2Cl)cc1. The number of esters is 2. The lowest BCUT2D eigenvalue weighted by atomic mass is 10.2. The molecule has 2 N–H and O–H groups in total. The fraction of sp³-hybridized carbons (Fsp3) is 0.333. The van der Waals surface area contributed by atoms with Crippen molar-refractivity contribution in [3.05, 3.63) is 58.6 Å². The van der Waals surface area contributed by atoms with Gasteiger partial charge in [-0.05, 0) is 62.7 Å². The molecule has 8 nitrogen and oxygen atoms in total. The predicted molar refractivity (Wildman–Crippen MR) is 126 cm³/mol. The second-order valence-corrected chi connectivity index (χ2v) is 8.24. The van der Waals surface area contributed by atoms with E-state index in [-0.39, 0.29) is 42.0 Å². The van der Waals surface area contributed by atoms with E-state index in [1.54, 1.807) is 26.0 Å². The van der Waals surface area contributed by atoms with Gasteiger partial charge in [0.15, 0.2) is 6.61 Å². The van der Waals surface area contributed by atoms with Crippen LogP contribution >= 0.6 is 11.6 Å². The molecule has 0 radical (unpaired) electrons. The number of halogens is 4. The summed E-state index contributed by atoms with van der Waals surface area (Å²) in [6.07, 6.45) is -4.92. The van der Waals surface area contributed by atoms with Crippen LogP contribution < -0.4 is 10.6 Å². The molecule has 0 heterocycles. The number of hydrogen-bond acceptors (Lipinski definition) is 6. The predicted octanol–water partition coefficient (Wildman–Crippen LogP) is 5.21. The van der Waals surface area contributed by atoms with E-state index in [0.717, 1.165) is 12.1 Å². The average Bonchev–Trinajstić information content (AvgIpc) is 2.78. The minimum Gasteiger partial charge on any atom is -0.459 e. The third-order valence-corrected chi connectivity index (χ3v) is 4.79. The Hall–Kier alpha value is -3.60. The minimum absolute atomic E-state index is 0.0156. The van der Waals surface area contributed by atoms with Crippen molar-refractivity contribution in [1.29, 1.82) is 0 Å². The van der Waals surface area contributed by atoms with Crippen LogP contribution in [0, 0.1) is 0 Å². The van der Waals surface area contributed by atoms with Gasteiger partial charge in [-0.15, -0.1) is 0 Å². The van der Waals surface area contributed by atoms with E-state index in [1.165, 1.54) is 12.1 Å². The summed E-state index contributed by atoms with van der Waals surface area (Å²) < 4.78 is 48.3. The van der Waals surface area contributed by atoms with Crippen molar-refractivity contribution in [2.45, 2.75) is 45.4 Å². The van der Waals surface area contributed by atoms with Gasteiger partial charge in [0.2, 0.25) is 5.91 Å². The van der Waals surface area contributed by atoms with Crippen molar-refractivity contribution in [3.8, 4) is 0 Å². The van der Waals surface area contributed by atoms with Crippen LogP contribution in [0.4, 0.5) is 24.5 Å². The number of carbonyl (C=O) groups excluding carboxylic acids is 4. The number of nitrogens with one attached hydrogen (secondary N) is 2. The van der Waals surface area contributed by atoms with Crippen LogP contribution in [0.2, 0.25) is 5.02 Å². The number of rotatable bonds is 10. The highest BCUT2D eigenvalue weighted by molar-refractivity contribution is 6.33. The zero-order valence-corrected chi connectivity index (χ0v) is 20.2. The van der Waals surface area contributed by atoms with E-state index in [1.807, 2.05) is 0 Å². The van der Waals surface area contributed by atoms with Crippen molar-refractivity contribution < 1.29 is 41.8 Å². The van der Waals surface area contributed by atoms with Crippen molar-refractivity contribution in [1.82, 2.24) is 0 Å². The molecule has 0 saturated carbocycles. The molecular weight excluding hydrogens is 505 g/mol. The molecule has 0 atom stereocenters. The highest BCUT2D eigenvalue weighted by atomic mass is 35.5. The number of anilines is 2. The molecule has 0 saturated heterocycles. The molecule has 2 aromatic carbocycles. The number of ether oxygens (including phenoxy) is 2. The first kappa shape index (κ1) is 28.6. The Bertz CT molecular complexity index is 1100. The van der Waals surface area contributed by atoms with Crippen LogP contribution in [0.25, 0.3) is 0 Å². The maximum Gasteiger partial charge on any atom is 0.416 e. The fourth-order valence-corrected chi connectivity index (χ4v) is 2.96. The number of carbonyl (C=O) groups is 4. The maximum absolute atomic E-state index is 12.8. The van der Waals surface area contributed by atoms with Crippen LogP contribution in [-0.4, -0.2) is 36.5 Å². The normalized spacial score (nSPS) is 11.1. The van der Waals surface area contributed by atoms with Gasteiger partial charge in [0.25, 0.3) is 5.91 Å². The molecule has 0 fully saturated rings. The van der Waals surface area contributed by atoms with Gasteiger partial charge in [-0.2, -0.15) is 13.2 Å². The molecule has 0 spiro atoms. The van der Waals surface area contributed by atoms with Crippen LogP contribution in [-0.2, 0) is 30.0 Å². The lowest BCUT2D eigenvalue weighted by Crippen LogP contribution is -2.21. The molecule has 2 rings (SSSR count). The number of benzene rings is 2. The molecule has 0 unspecified atom stereocenters. The molecule has 36 heavy (non-hydrogen) atoms. The van der Waals surface area contributed by atoms with Gasteiger partial charge in [0, 0.05) is 18.5 Å². The lowest BCUT2D eigenvalue weighted by molar-refractivity contribution is -0.147. The van der Waals surface area contributed by atoms with Gasteiger partial charge in [0.1, 0.15) is 0 Å². The van der Waals surface area contributed by atoms with E-state index in [9.17, 15) is 32.3 Å². The van der Waals surface area contributed by atoms with E-state index >= 15 is 0 Å². The summed E-state index contributed by atoms with van der Waals surface area (Å²) in [4.78, 5) is 47.6. The number of alkyl halides is 3. The van der Waals surface area contributed by atoms with Crippen molar-refractivity contribution in [2.24, 2.45) is 0 Å². The molecule has 194 valence electrons. The first-order valence-corrected chi connectivity index (χ1v) is 11.2. The smallest absolute Gasteiger partial charge is 0.416 e. The van der Waals surface area contributed by atoms with Crippen LogP contribution in [0.1, 0.15) is 49.0 Å². The third kappa shape index (κ3) is 9.57. The van der Waals surface area contributed by atoms with Crippen LogP contribution in [0.15, 0.2) is 42.5 Å². The van der Waals surface area contributed by atoms with Crippen molar-refractivity contribution in [2.75, 3.05) is 17.2 Å². The topological polar surface area (TPSA) is 111 Å². The van der Waals surface area contributed by atoms with E-state index < -0.39 is 36.2 Å². The largest absolute Gasteiger partial charge is 0.459 e. The average molecular weight is 529 g/mol. The first-order valence-electron chi connectivity index (χ1n) is 10.8. The summed E-state index contributed by atoms with van der Waals surface area (Å²) >= 11 is 5.80. The number of hydrogen-bond donors (Lipinski definition) is 2. The number of amides is 2. The Labute approximate surface area is 210 Å². The molecule has 0 bridgehead atoms. The van der Waals surface area contributed by atoms with Crippen LogP contribution in [0.5, 0.6) is 0 Å². The zero-order valence-electron chi connectivity index (χ0n) is 19.4. The second kappa shape index (κ2) is 12.9. The van der Waals surface area contributed by atoms with Crippen LogP contribution in [0.3, 0.4) is 0 Å². The molecule has 2 aromatic rings. The van der Waals surface area contributed by atoms with E-state index in [2.05, 4.69) is 10.6 Å². The molecule has 0 aromatic heterocycles. The summed E-state index contributed by atoms with van der Waals surface area (Å²) in [5.74, 6) is -2.49. The summed E-state index contributed by atoms with van der Waals surface area (Å²) in [6.45, 7) is 2.73. The Morgan fingerprint density at radius 3 is 2.22 bits per heavy atom. The Morgan fingerprint density at radius 1 is 0.944 bits per heavy atom. The van der Waals surface area contributed by atoms with Gasteiger partial charge in [0.05, 0.1) is 27.9 Å². The Balaban J connectivity index is 1.71. The third-order valence-electron chi connectivity index (χ3n) is 4.46. The van der Waals surface area contributed by atoms with Crippen molar-refractivity contribution >= 4 is 46.7 Å². The monoisotopic (exact) mass is 528 g/mol. The highest BCUT2D eigenvalue weighted by Gasteiger charge is 2.31. The van der Waals surface area contributed by atoms with Crippen molar-refractivity contribution in [3.63, 3.8) is 0 Å². The molecule has 0 aliphatic carbocycles. The van der Waals surface area contributed by atoms with Gasteiger partial charge < -0.3 is 20.1 Å². The maximum atomic E-state index is 12.8.